The molecule has 47 heavy (non-hydrogen) atoms. The standard InChI is InChI=1S/C36H45N6O5/c1-36(2,3)47-35(46)42-27-37-25-30(42)24-31(39-32(43)19-18-28-14-8-6-9-15-28)33(44)38-20-12-4-5-13-21-40-22-23-41(34(40)45)26-29-16-10-7-11-17-29/h6-11,14-17,19,22-23,25,27,31H,4-5,12-13,18,20-21,24,26H2,1-3H3,(H,38,44)(H,39,43)/t31-/m0/s1. The fourth-order valence-corrected chi connectivity index (χ4v) is 5.04. The number of rotatable bonds is 16. The van der Waals surface area contributed by atoms with E-state index in [2.05, 4.69) is 15.6 Å². The number of hydrogen-bond acceptors (Lipinski definition) is 6. The highest BCUT2D eigenvalue weighted by Crippen LogP contribution is 2.12. The molecule has 249 valence electrons. The number of ether oxygens (including phenoxy) is 1. The largest absolute Gasteiger partial charge is 0.443 e. The van der Waals surface area contributed by atoms with E-state index in [9.17, 15) is 19.2 Å². The van der Waals surface area contributed by atoms with Gasteiger partial charge in [-0.25, -0.2) is 19.1 Å². The number of imidazole rings is 2. The van der Waals surface area contributed by atoms with Crippen molar-refractivity contribution in [3.05, 3.63) is 119 Å². The van der Waals surface area contributed by atoms with Gasteiger partial charge in [0.2, 0.25) is 11.8 Å². The fourth-order valence-electron chi connectivity index (χ4n) is 5.04. The second kappa shape index (κ2) is 17.1. The van der Waals surface area contributed by atoms with Crippen molar-refractivity contribution in [2.75, 3.05) is 6.54 Å². The van der Waals surface area contributed by atoms with Crippen LogP contribution in [-0.4, -0.2) is 54.8 Å². The first-order chi connectivity index (χ1) is 22.6. The fraction of sp³-hybridized carbons (Fsp3) is 0.389. The third-order valence-corrected chi connectivity index (χ3v) is 7.46. The van der Waals surface area contributed by atoms with Crippen LogP contribution in [0.3, 0.4) is 0 Å². The average molecular weight is 642 g/mol. The predicted molar refractivity (Wildman–Crippen MR) is 180 cm³/mol. The SMILES string of the molecule is CC(C)(C)OC(=O)n1cncc1C[C@H](NC(=O)[CH]Cc1ccccc1)C(=O)NCCCCCCn1ccn(Cc2ccccc2)c1=O. The van der Waals surface area contributed by atoms with Crippen LogP contribution in [-0.2, 0) is 40.3 Å². The van der Waals surface area contributed by atoms with Crippen LogP contribution >= 0.6 is 0 Å². The Morgan fingerprint density at radius 1 is 0.894 bits per heavy atom. The lowest BCUT2D eigenvalue weighted by molar-refractivity contribution is -0.127. The molecule has 0 bridgehead atoms. The smallest absolute Gasteiger partial charge is 0.420 e. The zero-order chi connectivity index (χ0) is 33.6. The lowest BCUT2D eigenvalue weighted by Gasteiger charge is -2.22. The molecule has 0 aliphatic carbocycles. The molecule has 4 rings (SSSR count). The highest BCUT2D eigenvalue weighted by Gasteiger charge is 2.25. The molecule has 0 saturated heterocycles. The lowest BCUT2D eigenvalue weighted by Crippen LogP contribution is -2.48. The van der Waals surface area contributed by atoms with E-state index in [4.69, 9.17) is 4.74 Å². The highest BCUT2D eigenvalue weighted by atomic mass is 16.6. The molecular weight excluding hydrogens is 596 g/mol. The number of carbonyl (C=O) groups excluding carboxylic acids is 3. The summed E-state index contributed by atoms with van der Waals surface area (Å²) < 4.78 is 10.2. The van der Waals surface area contributed by atoms with Crippen molar-refractivity contribution in [2.45, 2.75) is 84.0 Å². The van der Waals surface area contributed by atoms with Gasteiger partial charge in [0, 0.05) is 38.1 Å². The molecule has 2 aromatic carbocycles. The molecule has 0 spiro atoms. The summed E-state index contributed by atoms with van der Waals surface area (Å²) in [6.45, 7) is 6.91. The van der Waals surface area contributed by atoms with Gasteiger partial charge in [-0.05, 0) is 51.2 Å². The number of nitrogens with one attached hydrogen (secondary N) is 2. The van der Waals surface area contributed by atoms with Gasteiger partial charge >= 0.3 is 11.8 Å². The maximum Gasteiger partial charge on any atom is 0.420 e. The van der Waals surface area contributed by atoms with Crippen molar-refractivity contribution in [2.24, 2.45) is 0 Å². The summed E-state index contributed by atoms with van der Waals surface area (Å²) in [5.41, 5.74) is 1.76. The van der Waals surface area contributed by atoms with Gasteiger partial charge in [0.25, 0.3) is 0 Å². The van der Waals surface area contributed by atoms with Gasteiger partial charge in [-0.15, -0.1) is 0 Å². The summed E-state index contributed by atoms with van der Waals surface area (Å²) in [7, 11) is 0. The molecule has 1 atom stereocenters. The van der Waals surface area contributed by atoms with Gasteiger partial charge in [-0.3, -0.25) is 18.7 Å². The van der Waals surface area contributed by atoms with Crippen LogP contribution < -0.4 is 16.3 Å². The molecule has 2 aromatic heterocycles. The minimum Gasteiger partial charge on any atom is -0.443 e. The summed E-state index contributed by atoms with van der Waals surface area (Å²) in [4.78, 5) is 55.7. The molecule has 0 aliphatic rings. The minimum atomic E-state index is -0.931. The number of unbranched alkanes of at least 4 members (excludes halogenated alkanes) is 3. The van der Waals surface area contributed by atoms with E-state index in [1.807, 2.05) is 73.1 Å². The van der Waals surface area contributed by atoms with E-state index >= 15 is 0 Å². The average Bonchev–Trinajstić information content (AvgIpc) is 3.65. The van der Waals surface area contributed by atoms with E-state index in [0.29, 0.717) is 31.7 Å². The number of amides is 2. The van der Waals surface area contributed by atoms with Gasteiger partial charge in [-0.2, -0.15) is 0 Å². The van der Waals surface area contributed by atoms with Crippen LogP contribution in [0.1, 0.15) is 63.3 Å². The molecule has 2 amide bonds. The Morgan fingerprint density at radius 2 is 1.55 bits per heavy atom. The summed E-state index contributed by atoms with van der Waals surface area (Å²) in [5.74, 6) is -0.736. The molecule has 0 fully saturated rings. The van der Waals surface area contributed by atoms with Crippen LogP contribution in [0.2, 0.25) is 0 Å². The zero-order valence-electron chi connectivity index (χ0n) is 27.4. The van der Waals surface area contributed by atoms with Gasteiger partial charge in [0.15, 0.2) is 0 Å². The number of aromatic nitrogens is 4. The Morgan fingerprint density at radius 3 is 2.26 bits per heavy atom. The molecule has 11 nitrogen and oxygen atoms in total. The predicted octanol–water partition coefficient (Wildman–Crippen LogP) is 4.53. The van der Waals surface area contributed by atoms with Gasteiger partial charge in [0.1, 0.15) is 18.0 Å². The first kappa shape index (κ1) is 34.9. The molecule has 0 unspecified atom stereocenters. The Balaban J connectivity index is 1.26. The number of nitrogens with zero attached hydrogens (tertiary/aromatic N) is 4. The van der Waals surface area contributed by atoms with Crippen molar-refractivity contribution < 1.29 is 19.1 Å². The highest BCUT2D eigenvalue weighted by molar-refractivity contribution is 5.91. The summed E-state index contributed by atoms with van der Waals surface area (Å²) in [6.07, 6.45) is 11.2. The molecule has 11 heteroatoms. The first-order valence-corrected chi connectivity index (χ1v) is 16.1. The van der Waals surface area contributed by atoms with E-state index < -0.39 is 17.7 Å². The first-order valence-electron chi connectivity index (χ1n) is 16.1. The van der Waals surface area contributed by atoms with Crippen LogP contribution in [0.15, 0.2) is 90.4 Å². The molecule has 0 aliphatic heterocycles. The molecule has 4 aromatic rings. The maximum atomic E-state index is 13.3. The Kier molecular flexibility index (Phi) is 12.7. The summed E-state index contributed by atoms with van der Waals surface area (Å²) >= 11 is 0. The summed E-state index contributed by atoms with van der Waals surface area (Å²) in [5, 5.41) is 5.74. The Bertz CT molecular complexity index is 1640. The van der Waals surface area contributed by atoms with Gasteiger partial charge < -0.3 is 15.4 Å². The van der Waals surface area contributed by atoms with Crippen molar-refractivity contribution in [1.82, 2.24) is 29.3 Å². The maximum absolute atomic E-state index is 13.3. The quantitative estimate of drug-likeness (QED) is 0.173. The van der Waals surface area contributed by atoms with Crippen LogP contribution in [0, 0.1) is 6.42 Å². The van der Waals surface area contributed by atoms with E-state index in [0.717, 1.165) is 36.8 Å². The van der Waals surface area contributed by atoms with Crippen molar-refractivity contribution in [3.8, 4) is 0 Å². The molecular formula is C36H45N6O5. The van der Waals surface area contributed by atoms with Crippen molar-refractivity contribution in [1.29, 1.82) is 0 Å². The Hall–Kier alpha value is -4.93. The van der Waals surface area contributed by atoms with Gasteiger partial charge in [-0.1, -0.05) is 73.5 Å². The normalized spacial score (nSPS) is 12.0. The van der Waals surface area contributed by atoms with E-state index in [1.54, 1.807) is 29.9 Å². The zero-order valence-corrected chi connectivity index (χ0v) is 27.4. The van der Waals surface area contributed by atoms with Crippen molar-refractivity contribution >= 4 is 17.9 Å². The minimum absolute atomic E-state index is 0.0248. The van der Waals surface area contributed by atoms with Crippen molar-refractivity contribution in [3.63, 3.8) is 0 Å². The summed E-state index contributed by atoms with van der Waals surface area (Å²) in [6, 6.07) is 18.5. The second-order valence-electron chi connectivity index (χ2n) is 12.5. The third-order valence-electron chi connectivity index (χ3n) is 7.46. The second-order valence-corrected chi connectivity index (χ2v) is 12.5. The number of carbonyl (C=O) groups is 3. The molecule has 2 N–H and O–H groups in total. The lowest BCUT2D eigenvalue weighted by atomic mass is 10.1. The molecule has 0 saturated carbocycles. The van der Waals surface area contributed by atoms with Crippen LogP contribution in [0.25, 0.3) is 0 Å². The molecule has 2 heterocycles. The Labute approximate surface area is 276 Å². The third kappa shape index (κ3) is 11.4. The van der Waals surface area contributed by atoms with Gasteiger partial charge in [0.05, 0.1) is 18.7 Å². The topological polar surface area (TPSA) is 129 Å². The van der Waals surface area contributed by atoms with E-state index in [1.165, 1.54) is 23.5 Å². The molecule has 1 radical (unpaired) electrons. The number of aryl methyl sites for hydroxylation is 1. The van der Waals surface area contributed by atoms with Crippen LogP contribution in [0.5, 0.6) is 0 Å². The van der Waals surface area contributed by atoms with E-state index in [-0.39, 0.29) is 23.9 Å². The monoisotopic (exact) mass is 641 g/mol. The van der Waals surface area contributed by atoms with Crippen LogP contribution in [0.4, 0.5) is 4.79 Å². The number of hydrogen-bond donors (Lipinski definition) is 2. The number of benzene rings is 2.